The van der Waals surface area contributed by atoms with Crippen LogP contribution in [0, 0.1) is 11.3 Å². The monoisotopic (exact) mass is 247 g/mol. The Balaban J connectivity index is 1.95. The maximum absolute atomic E-state index is 8.75. The highest BCUT2D eigenvalue weighted by molar-refractivity contribution is 5.55. The van der Waals surface area contributed by atoms with Gasteiger partial charge in [-0.3, -0.25) is 0 Å². The van der Waals surface area contributed by atoms with Gasteiger partial charge in [-0.05, 0) is 41.6 Å². The van der Waals surface area contributed by atoms with Crippen molar-refractivity contribution in [1.82, 2.24) is 20.2 Å². The van der Waals surface area contributed by atoms with Gasteiger partial charge in [0.05, 0.1) is 17.3 Å². The zero-order valence-electron chi connectivity index (χ0n) is 9.93. The quantitative estimate of drug-likeness (QED) is 0.696. The third-order valence-electron chi connectivity index (χ3n) is 2.67. The molecule has 0 aliphatic carbocycles. The fraction of sp³-hybridized carbons (Fsp3) is 0. The number of tetrazole rings is 1. The molecule has 0 aliphatic rings. The molecule has 1 aromatic heterocycles. The number of nitrogens with zero attached hydrogens (tertiary/aromatic N) is 5. The van der Waals surface area contributed by atoms with Crippen LogP contribution in [0.1, 0.15) is 5.56 Å². The van der Waals surface area contributed by atoms with E-state index in [1.54, 1.807) is 12.1 Å². The van der Waals surface area contributed by atoms with Gasteiger partial charge in [-0.1, -0.05) is 18.2 Å². The van der Waals surface area contributed by atoms with Crippen LogP contribution in [0.2, 0.25) is 0 Å². The predicted octanol–water partition coefficient (Wildman–Crippen LogP) is 2.20. The van der Waals surface area contributed by atoms with Gasteiger partial charge in [-0.25, -0.2) is 0 Å². The fourth-order valence-corrected chi connectivity index (χ4v) is 1.69. The van der Waals surface area contributed by atoms with Gasteiger partial charge in [-0.2, -0.15) is 5.26 Å². The summed E-state index contributed by atoms with van der Waals surface area (Å²) >= 11 is 0. The van der Waals surface area contributed by atoms with Gasteiger partial charge in [0.2, 0.25) is 5.82 Å². The van der Waals surface area contributed by atoms with Crippen LogP contribution in [0.4, 0.5) is 0 Å². The Morgan fingerprint density at radius 2 is 1.68 bits per heavy atom. The van der Waals surface area contributed by atoms with Crippen molar-refractivity contribution < 1.29 is 0 Å². The summed E-state index contributed by atoms with van der Waals surface area (Å²) in [5.74, 6) is 0.536. The van der Waals surface area contributed by atoms with Gasteiger partial charge in [0, 0.05) is 5.56 Å². The van der Waals surface area contributed by atoms with Crippen molar-refractivity contribution in [3.05, 3.63) is 60.2 Å². The van der Waals surface area contributed by atoms with Crippen LogP contribution in [-0.4, -0.2) is 20.2 Å². The van der Waals surface area contributed by atoms with Crippen molar-refractivity contribution >= 4 is 0 Å². The Kier molecular flexibility index (Phi) is 2.75. The number of hydrogen-bond acceptors (Lipinski definition) is 4. The normalized spacial score (nSPS) is 10.1. The lowest BCUT2D eigenvalue weighted by atomic mass is 10.1. The highest BCUT2D eigenvalue weighted by Gasteiger charge is 2.06. The van der Waals surface area contributed by atoms with Crippen LogP contribution in [0.15, 0.2) is 54.6 Å². The van der Waals surface area contributed by atoms with Crippen molar-refractivity contribution in [1.29, 1.82) is 5.26 Å². The summed E-state index contributed by atoms with van der Waals surface area (Å²) in [5, 5.41) is 21.1. The summed E-state index contributed by atoms with van der Waals surface area (Å²) in [7, 11) is 0. The second kappa shape index (κ2) is 4.70. The zero-order chi connectivity index (χ0) is 13.1. The topological polar surface area (TPSA) is 67.4 Å². The first-order valence-electron chi connectivity index (χ1n) is 5.73. The van der Waals surface area contributed by atoms with E-state index < -0.39 is 0 Å². The fourth-order valence-electron chi connectivity index (χ4n) is 1.69. The molecule has 90 valence electrons. The average molecular weight is 247 g/mol. The molecule has 0 atom stereocenters. The third kappa shape index (κ3) is 2.19. The number of nitriles is 1. The minimum Gasteiger partial charge on any atom is -0.192 e. The van der Waals surface area contributed by atoms with Crippen LogP contribution in [0.5, 0.6) is 0 Å². The van der Waals surface area contributed by atoms with Crippen LogP contribution in [0.3, 0.4) is 0 Å². The lowest BCUT2D eigenvalue weighted by Gasteiger charge is -1.96. The largest absolute Gasteiger partial charge is 0.205 e. The lowest BCUT2D eigenvalue weighted by molar-refractivity contribution is 0.720. The summed E-state index contributed by atoms with van der Waals surface area (Å²) in [6.07, 6.45) is 0. The molecule has 0 N–H and O–H groups in total. The van der Waals surface area contributed by atoms with Gasteiger partial charge in [0.15, 0.2) is 0 Å². The van der Waals surface area contributed by atoms with Crippen LogP contribution in [0.25, 0.3) is 17.1 Å². The summed E-state index contributed by atoms with van der Waals surface area (Å²) < 4.78 is 0. The van der Waals surface area contributed by atoms with E-state index in [0.29, 0.717) is 11.4 Å². The Bertz CT molecular complexity index is 723. The molecule has 1 heterocycles. The zero-order valence-corrected chi connectivity index (χ0v) is 9.93. The first kappa shape index (κ1) is 11.1. The predicted molar refractivity (Wildman–Crippen MR) is 69.3 cm³/mol. The van der Waals surface area contributed by atoms with E-state index in [9.17, 15) is 0 Å². The maximum Gasteiger partial charge on any atom is 0.205 e. The molecule has 2 aromatic carbocycles. The standard InChI is InChI=1S/C14H9N5/c15-10-11-6-8-12(9-7-11)14-16-18-19(17-14)13-4-2-1-3-5-13/h1-9H. The molecule has 0 spiro atoms. The minimum atomic E-state index is 0.536. The van der Waals surface area contributed by atoms with Gasteiger partial charge in [0.25, 0.3) is 0 Å². The Hall–Kier alpha value is -3.00. The second-order valence-corrected chi connectivity index (χ2v) is 3.93. The van der Waals surface area contributed by atoms with E-state index in [1.165, 1.54) is 4.80 Å². The first-order valence-corrected chi connectivity index (χ1v) is 5.73. The average Bonchev–Trinajstić information content (AvgIpc) is 2.98. The van der Waals surface area contributed by atoms with E-state index in [-0.39, 0.29) is 0 Å². The lowest BCUT2D eigenvalue weighted by Crippen LogP contribution is -1.98. The highest BCUT2D eigenvalue weighted by Crippen LogP contribution is 2.15. The Labute approximate surface area is 109 Å². The second-order valence-electron chi connectivity index (χ2n) is 3.93. The molecule has 5 heteroatoms. The van der Waals surface area contributed by atoms with Crippen molar-refractivity contribution in [2.24, 2.45) is 0 Å². The molecule has 0 unspecified atom stereocenters. The third-order valence-corrected chi connectivity index (χ3v) is 2.67. The molecule has 0 bridgehead atoms. The van der Waals surface area contributed by atoms with Crippen molar-refractivity contribution in [2.75, 3.05) is 0 Å². The molecule has 3 rings (SSSR count). The molecule has 0 saturated heterocycles. The van der Waals surface area contributed by atoms with Gasteiger partial charge in [0.1, 0.15) is 0 Å². The number of hydrogen-bond donors (Lipinski definition) is 0. The molecule has 0 fully saturated rings. The van der Waals surface area contributed by atoms with E-state index in [0.717, 1.165) is 11.3 Å². The summed E-state index contributed by atoms with van der Waals surface area (Å²) in [6, 6.07) is 18.7. The van der Waals surface area contributed by atoms with Crippen LogP contribution >= 0.6 is 0 Å². The number of benzene rings is 2. The highest BCUT2D eigenvalue weighted by atomic mass is 15.6. The smallest absolute Gasteiger partial charge is 0.192 e. The first-order chi connectivity index (χ1) is 9.36. The molecular formula is C14H9N5. The molecule has 0 radical (unpaired) electrons. The SMILES string of the molecule is N#Cc1ccc(-c2nnn(-c3ccccc3)n2)cc1. The molecule has 0 saturated carbocycles. The van der Waals surface area contributed by atoms with Crippen molar-refractivity contribution in [2.45, 2.75) is 0 Å². The van der Waals surface area contributed by atoms with Crippen molar-refractivity contribution in [3.63, 3.8) is 0 Å². The summed E-state index contributed by atoms with van der Waals surface area (Å²) in [5.41, 5.74) is 2.30. The summed E-state index contributed by atoms with van der Waals surface area (Å²) in [6.45, 7) is 0. The molecular weight excluding hydrogens is 238 g/mol. The van der Waals surface area contributed by atoms with E-state index in [4.69, 9.17) is 5.26 Å². The van der Waals surface area contributed by atoms with Crippen LogP contribution < -0.4 is 0 Å². The Morgan fingerprint density at radius 3 is 2.37 bits per heavy atom. The van der Waals surface area contributed by atoms with Crippen molar-refractivity contribution in [3.8, 4) is 23.1 Å². The number of aromatic nitrogens is 4. The maximum atomic E-state index is 8.75. The van der Waals surface area contributed by atoms with E-state index >= 15 is 0 Å². The summed E-state index contributed by atoms with van der Waals surface area (Å²) in [4.78, 5) is 1.48. The van der Waals surface area contributed by atoms with Gasteiger partial charge in [-0.15, -0.1) is 15.0 Å². The van der Waals surface area contributed by atoms with Crippen LogP contribution in [-0.2, 0) is 0 Å². The van der Waals surface area contributed by atoms with Gasteiger partial charge >= 0.3 is 0 Å². The molecule has 0 amide bonds. The Morgan fingerprint density at radius 1 is 0.947 bits per heavy atom. The molecule has 5 nitrogen and oxygen atoms in total. The van der Waals surface area contributed by atoms with Gasteiger partial charge < -0.3 is 0 Å². The molecule has 0 aliphatic heterocycles. The molecule has 3 aromatic rings. The minimum absolute atomic E-state index is 0.536. The number of para-hydroxylation sites is 1. The van der Waals surface area contributed by atoms with E-state index in [1.807, 2.05) is 42.5 Å². The molecule has 19 heavy (non-hydrogen) atoms. The van der Waals surface area contributed by atoms with E-state index in [2.05, 4.69) is 21.5 Å². The number of rotatable bonds is 2.